The van der Waals surface area contributed by atoms with E-state index in [0.29, 0.717) is 19.6 Å². The number of rotatable bonds is 4. The van der Waals surface area contributed by atoms with E-state index >= 15 is 0 Å². The first-order valence-corrected chi connectivity index (χ1v) is 5.26. The lowest BCUT2D eigenvalue weighted by molar-refractivity contribution is -0.141. The maximum Gasteiger partial charge on any atom is 0.320 e. The van der Waals surface area contributed by atoms with E-state index in [1.807, 2.05) is 30.3 Å². The van der Waals surface area contributed by atoms with E-state index in [1.165, 1.54) is 0 Å². The Bertz CT molecular complexity index is 373. The molecule has 0 spiro atoms. The SMILES string of the molecule is NC(CC1(c2ccccc2)COC1)C(=O)O. The van der Waals surface area contributed by atoms with Gasteiger partial charge in [-0.05, 0) is 12.0 Å². The minimum absolute atomic E-state index is 0.209. The van der Waals surface area contributed by atoms with Gasteiger partial charge < -0.3 is 15.6 Å². The Morgan fingerprint density at radius 3 is 2.50 bits per heavy atom. The summed E-state index contributed by atoms with van der Waals surface area (Å²) in [4.78, 5) is 10.8. The zero-order chi connectivity index (χ0) is 11.6. The lowest BCUT2D eigenvalue weighted by atomic mass is 9.74. The van der Waals surface area contributed by atoms with E-state index in [4.69, 9.17) is 15.6 Å². The maximum atomic E-state index is 10.8. The highest BCUT2D eigenvalue weighted by atomic mass is 16.5. The number of benzene rings is 1. The summed E-state index contributed by atoms with van der Waals surface area (Å²) in [5.41, 5.74) is 6.49. The van der Waals surface area contributed by atoms with Crippen LogP contribution in [0.1, 0.15) is 12.0 Å². The lowest BCUT2D eigenvalue weighted by Gasteiger charge is -2.43. The minimum Gasteiger partial charge on any atom is -0.480 e. The van der Waals surface area contributed by atoms with E-state index in [-0.39, 0.29) is 5.41 Å². The lowest BCUT2D eigenvalue weighted by Crippen LogP contribution is -2.51. The van der Waals surface area contributed by atoms with Crippen molar-refractivity contribution in [1.82, 2.24) is 0 Å². The first kappa shape index (κ1) is 11.1. The van der Waals surface area contributed by atoms with Crippen LogP contribution in [-0.4, -0.2) is 30.3 Å². The molecule has 1 unspecified atom stereocenters. The Labute approximate surface area is 94.0 Å². The smallest absolute Gasteiger partial charge is 0.320 e. The van der Waals surface area contributed by atoms with Crippen molar-refractivity contribution in [2.24, 2.45) is 5.73 Å². The summed E-state index contributed by atoms with van der Waals surface area (Å²) in [6, 6.07) is 9.00. The van der Waals surface area contributed by atoms with Crippen LogP contribution in [-0.2, 0) is 14.9 Å². The first-order chi connectivity index (χ1) is 7.64. The fraction of sp³-hybridized carbons (Fsp3) is 0.417. The molecule has 0 bridgehead atoms. The van der Waals surface area contributed by atoms with Crippen LogP contribution >= 0.6 is 0 Å². The van der Waals surface area contributed by atoms with E-state index in [0.717, 1.165) is 5.56 Å². The molecule has 1 heterocycles. The molecule has 1 saturated heterocycles. The van der Waals surface area contributed by atoms with Gasteiger partial charge in [-0.15, -0.1) is 0 Å². The topological polar surface area (TPSA) is 72.5 Å². The molecule has 0 radical (unpaired) electrons. The second-order valence-electron chi connectivity index (χ2n) is 4.29. The molecule has 4 heteroatoms. The van der Waals surface area contributed by atoms with Gasteiger partial charge in [-0.25, -0.2) is 0 Å². The number of hydrogen-bond acceptors (Lipinski definition) is 3. The van der Waals surface area contributed by atoms with Crippen molar-refractivity contribution < 1.29 is 14.6 Å². The van der Waals surface area contributed by atoms with Gasteiger partial charge >= 0.3 is 5.97 Å². The summed E-state index contributed by atoms with van der Waals surface area (Å²) in [5.74, 6) is -0.956. The van der Waals surface area contributed by atoms with Gasteiger partial charge in [0.05, 0.1) is 13.2 Å². The van der Waals surface area contributed by atoms with E-state index in [9.17, 15) is 4.79 Å². The molecule has 1 aromatic carbocycles. The van der Waals surface area contributed by atoms with Gasteiger partial charge in [-0.3, -0.25) is 4.79 Å². The number of aliphatic carboxylic acids is 1. The first-order valence-electron chi connectivity index (χ1n) is 5.26. The van der Waals surface area contributed by atoms with Crippen LogP contribution in [0.4, 0.5) is 0 Å². The van der Waals surface area contributed by atoms with Crippen molar-refractivity contribution in [3.05, 3.63) is 35.9 Å². The molecule has 86 valence electrons. The largest absolute Gasteiger partial charge is 0.480 e. The van der Waals surface area contributed by atoms with Crippen molar-refractivity contribution >= 4 is 5.97 Å². The number of ether oxygens (including phenoxy) is 1. The van der Waals surface area contributed by atoms with E-state index < -0.39 is 12.0 Å². The third-order valence-corrected chi connectivity index (χ3v) is 3.07. The minimum atomic E-state index is -0.956. The number of carboxylic acid groups (broad SMARTS) is 1. The zero-order valence-corrected chi connectivity index (χ0v) is 8.93. The number of nitrogens with two attached hydrogens (primary N) is 1. The maximum absolute atomic E-state index is 10.8. The molecule has 1 aromatic rings. The fourth-order valence-electron chi connectivity index (χ4n) is 2.05. The molecule has 0 saturated carbocycles. The Morgan fingerprint density at radius 2 is 2.06 bits per heavy atom. The Morgan fingerprint density at radius 1 is 1.44 bits per heavy atom. The predicted octanol–water partition coefficient (Wildman–Crippen LogP) is 0.757. The second kappa shape index (κ2) is 4.23. The monoisotopic (exact) mass is 221 g/mol. The summed E-state index contributed by atoms with van der Waals surface area (Å²) >= 11 is 0. The molecule has 1 fully saturated rings. The second-order valence-corrected chi connectivity index (χ2v) is 4.29. The molecule has 1 aliphatic heterocycles. The average Bonchev–Trinajstić information content (AvgIpc) is 2.24. The Balaban J connectivity index is 2.17. The highest BCUT2D eigenvalue weighted by Crippen LogP contribution is 2.36. The fourth-order valence-corrected chi connectivity index (χ4v) is 2.05. The Hall–Kier alpha value is -1.39. The molecule has 2 rings (SSSR count). The predicted molar refractivity (Wildman–Crippen MR) is 59.2 cm³/mol. The molecule has 4 nitrogen and oxygen atoms in total. The van der Waals surface area contributed by atoms with Gasteiger partial charge in [0.15, 0.2) is 0 Å². The van der Waals surface area contributed by atoms with E-state index in [1.54, 1.807) is 0 Å². The highest BCUT2D eigenvalue weighted by molar-refractivity contribution is 5.73. The van der Waals surface area contributed by atoms with Gasteiger partial charge in [0.2, 0.25) is 0 Å². The normalized spacial score (nSPS) is 19.8. The van der Waals surface area contributed by atoms with Gasteiger partial charge in [0, 0.05) is 5.41 Å². The van der Waals surface area contributed by atoms with Crippen molar-refractivity contribution in [1.29, 1.82) is 0 Å². The van der Waals surface area contributed by atoms with Gasteiger partial charge in [-0.1, -0.05) is 30.3 Å². The van der Waals surface area contributed by atoms with Crippen LogP contribution in [0.5, 0.6) is 0 Å². The van der Waals surface area contributed by atoms with E-state index in [2.05, 4.69) is 0 Å². The molecular formula is C12H15NO3. The highest BCUT2D eigenvalue weighted by Gasteiger charge is 2.42. The summed E-state index contributed by atoms with van der Waals surface area (Å²) < 4.78 is 5.22. The number of carboxylic acids is 1. The van der Waals surface area contributed by atoms with Gasteiger partial charge in [-0.2, -0.15) is 0 Å². The molecule has 0 amide bonds. The number of hydrogen-bond donors (Lipinski definition) is 2. The molecule has 1 atom stereocenters. The Kier molecular flexibility index (Phi) is 2.94. The summed E-state index contributed by atoms with van der Waals surface area (Å²) in [5, 5.41) is 8.85. The van der Waals surface area contributed by atoms with Crippen molar-refractivity contribution in [2.75, 3.05) is 13.2 Å². The molecule has 3 N–H and O–H groups in total. The van der Waals surface area contributed by atoms with Crippen molar-refractivity contribution in [2.45, 2.75) is 17.9 Å². The standard InChI is InChI=1S/C12H15NO3/c13-10(11(14)15)6-12(7-16-8-12)9-4-2-1-3-5-9/h1-5,10H,6-8,13H2,(H,14,15). The zero-order valence-electron chi connectivity index (χ0n) is 8.93. The molecule has 1 aliphatic rings. The van der Waals surface area contributed by atoms with Crippen LogP contribution in [0.2, 0.25) is 0 Å². The quantitative estimate of drug-likeness (QED) is 0.787. The summed E-state index contributed by atoms with van der Waals surface area (Å²) in [6.07, 6.45) is 0.423. The van der Waals surface area contributed by atoms with Crippen LogP contribution in [0, 0.1) is 0 Å². The molecule has 16 heavy (non-hydrogen) atoms. The van der Waals surface area contributed by atoms with Crippen LogP contribution < -0.4 is 5.73 Å². The van der Waals surface area contributed by atoms with Crippen LogP contribution in [0.15, 0.2) is 30.3 Å². The van der Waals surface area contributed by atoms with Gasteiger partial charge in [0.25, 0.3) is 0 Å². The summed E-state index contributed by atoms with van der Waals surface area (Å²) in [6.45, 7) is 1.11. The molecule has 0 aliphatic carbocycles. The van der Waals surface area contributed by atoms with Crippen molar-refractivity contribution in [3.63, 3.8) is 0 Å². The third-order valence-electron chi connectivity index (χ3n) is 3.07. The molecule has 0 aromatic heterocycles. The van der Waals surface area contributed by atoms with Gasteiger partial charge in [0.1, 0.15) is 6.04 Å². The van der Waals surface area contributed by atoms with Crippen LogP contribution in [0.3, 0.4) is 0 Å². The summed E-state index contributed by atoms with van der Waals surface area (Å²) in [7, 11) is 0. The average molecular weight is 221 g/mol. The molecular weight excluding hydrogens is 206 g/mol. The number of carbonyl (C=O) groups is 1. The van der Waals surface area contributed by atoms with Crippen molar-refractivity contribution in [3.8, 4) is 0 Å². The third kappa shape index (κ3) is 1.94. The van der Waals surface area contributed by atoms with Crippen LogP contribution in [0.25, 0.3) is 0 Å².